The maximum Gasteiger partial charge on any atom is 0.574 e. The molecule has 0 bridgehead atoms. The van der Waals surface area contributed by atoms with Gasteiger partial charge in [-0.3, -0.25) is 0 Å². The van der Waals surface area contributed by atoms with E-state index >= 15 is 0 Å². The van der Waals surface area contributed by atoms with Crippen molar-refractivity contribution in [2.24, 2.45) is 0 Å². The summed E-state index contributed by atoms with van der Waals surface area (Å²) in [6.07, 6.45) is -4.94. The van der Waals surface area contributed by atoms with Crippen LogP contribution in [0.15, 0.2) is 6.07 Å². The molecule has 0 saturated heterocycles. The van der Waals surface area contributed by atoms with Crippen LogP contribution in [0.5, 0.6) is 5.88 Å². The summed E-state index contributed by atoms with van der Waals surface area (Å²) < 4.78 is 56.6. The van der Waals surface area contributed by atoms with E-state index in [2.05, 4.69) is 14.5 Å². The fraction of sp³-hybridized carbons (Fsp3) is 0.333. The van der Waals surface area contributed by atoms with Gasteiger partial charge in [0.25, 0.3) is 0 Å². The van der Waals surface area contributed by atoms with Crippen molar-refractivity contribution in [3.63, 3.8) is 0 Å². The second-order valence-corrected chi connectivity index (χ2v) is 3.97. The van der Waals surface area contributed by atoms with Gasteiger partial charge < -0.3 is 9.47 Å². The van der Waals surface area contributed by atoms with Gasteiger partial charge >= 0.3 is 12.3 Å². The fourth-order valence-corrected chi connectivity index (χ4v) is 1.78. The van der Waals surface area contributed by atoms with Crippen molar-refractivity contribution in [3.8, 4) is 5.88 Å². The van der Waals surface area contributed by atoms with Crippen molar-refractivity contribution in [2.75, 3.05) is 7.11 Å². The molecule has 9 heteroatoms. The number of carbonyl (C=O) groups is 1. The first kappa shape index (κ1) is 14.9. The van der Waals surface area contributed by atoms with Gasteiger partial charge in [-0.05, 0) is 22.6 Å². The summed E-state index contributed by atoms with van der Waals surface area (Å²) in [5.74, 6) is -1.81. The number of halogens is 5. The highest BCUT2D eigenvalue weighted by atomic mass is 127. The third-order valence-corrected chi connectivity index (χ3v) is 2.70. The molecule has 0 N–H and O–H groups in total. The first-order valence-electron chi connectivity index (χ1n) is 4.38. The number of carbonyl (C=O) groups excluding carboxylic acids is 1. The molecule has 0 radical (unpaired) electrons. The molecule has 0 aliphatic heterocycles. The van der Waals surface area contributed by atoms with Gasteiger partial charge in [0.1, 0.15) is 10.4 Å². The average Bonchev–Trinajstić information content (AvgIpc) is 2.25. The topological polar surface area (TPSA) is 48.4 Å². The summed E-state index contributed by atoms with van der Waals surface area (Å²) in [6.45, 7) is -1.05. The highest BCUT2D eigenvalue weighted by Crippen LogP contribution is 2.26. The summed E-state index contributed by atoms with van der Waals surface area (Å²) in [5.41, 5.74) is -0.490. The van der Waals surface area contributed by atoms with E-state index < -0.39 is 24.9 Å². The summed E-state index contributed by atoms with van der Waals surface area (Å²) in [5, 5.41) is 0. The number of esters is 1. The molecule has 4 nitrogen and oxygen atoms in total. The van der Waals surface area contributed by atoms with Crippen molar-refractivity contribution in [1.29, 1.82) is 0 Å². The third kappa shape index (κ3) is 3.68. The van der Waals surface area contributed by atoms with Crippen molar-refractivity contribution < 1.29 is 31.8 Å². The van der Waals surface area contributed by atoms with E-state index in [0.717, 1.165) is 7.11 Å². The van der Waals surface area contributed by atoms with Crippen LogP contribution in [0.2, 0.25) is 0 Å². The number of rotatable bonds is 3. The Kier molecular flexibility index (Phi) is 4.71. The van der Waals surface area contributed by atoms with Crippen molar-refractivity contribution in [1.82, 2.24) is 4.98 Å². The van der Waals surface area contributed by atoms with Gasteiger partial charge in [0.15, 0.2) is 0 Å². The van der Waals surface area contributed by atoms with Crippen LogP contribution in [-0.2, 0) is 11.4 Å². The molecule has 1 rings (SSSR count). The Balaban J connectivity index is 3.26. The Morgan fingerprint density at radius 1 is 1.50 bits per heavy atom. The van der Waals surface area contributed by atoms with Crippen molar-refractivity contribution in [2.45, 2.75) is 13.0 Å². The van der Waals surface area contributed by atoms with Gasteiger partial charge in [-0.25, -0.2) is 14.2 Å². The van der Waals surface area contributed by atoms with E-state index in [1.807, 2.05) is 0 Å². The molecule has 18 heavy (non-hydrogen) atoms. The van der Waals surface area contributed by atoms with Gasteiger partial charge in [0.2, 0.25) is 5.88 Å². The molecule has 0 spiro atoms. The van der Waals surface area contributed by atoms with Crippen LogP contribution in [0.25, 0.3) is 0 Å². The molecule has 1 aromatic rings. The van der Waals surface area contributed by atoms with Crippen LogP contribution in [0, 0.1) is 3.70 Å². The summed E-state index contributed by atoms with van der Waals surface area (Å²) >= 11 is 1.51. The first-order chi connectivity index (χ1) is 8.28. The van der Waals surface area contributed by atoms with Crippen LogP contribution >= 0.6 is 22.6 Å². The van der Waals surface area contributed by atoms with E-state index in [4.69, 9.17) is 0 Å². The molecule has 100 valence electrons. The maximum absolute atomic E-state index is 12.7. The molecular weight excluding hydrogens is 373 g/mol. The van der Waals surface area contributed by atoms with Crippen LogP contribution in [-0.4, -0.2) is 24.4 Å². The molecule has 0 aliphatic carbocycles. The van der Waals surface area contributed by atoms with E-state index in [9.17, 15) is 22.4 Å². The van der Waals surface area contributed by atoms with Gasteiger partial charge in [-0.15, -0.1) is 13.2 Å². The molecule has 0 unspecified atom stereocenters. The number of alkyl halides is 4. The Morgan fingerprint density at radius 2 is 2.11 bits per heavy atom. The Bertz CT molecular complexity index is 464. The molecule has 0 saturated carbocycles. The van der Waals surface area contributed by atoms with E-state index in [1.54, 1.807) is 0 Å². The Labute approximate surface area is 112 Å². The minimum absolute atomic E-state index is 0.0998. The monoisotopic (exact) mass is 379 g/mol. The maximum atomic E-state index is 12.7. The van der Waals surface area contributed by atoms with Crippen LogP contribution in [0.4, 0.5) is 17.6 Å². The molecule has 1 aromatic heterocycles. The molecule has 0 aromatic carbocycles. The van der Waals surface area contributed by atoms with Crippen molar-refractivity contribution >= 4 is 28.6 Å². The van der Waals surface area contributed by atoms with Gasteiger partial charge in [0, 0.05) is 11.6 Å². The fourth-order valence-electron chi connectivity index (χ4n) is 1.11. The van der Waals surface area contributed by atoms with Gasteiger partial charge in [-0.2, -0.15) is 0 Å². The highest BCUT2D eigenvalue weighted by molar-refractivity contribution is 14.1. The van der Waals surface area contributed by atoms with E-state index in [-0.39, 0.29) is 14.8 Å². The Hall–Kier alpha value is -1.13. The molecule has 1 heterocycles. The third-order valence-electron chi connectivity index (χ3n) is 1.81. The molecule has 0 aliphatic rings. The minimum atomic E-state index is -4.94. The first-order valence-corrected chi connectivity index (χ1v) is 5.45. The average molecular weight is 379 g/mol. The number of methoxy groups -OCH3 is 1. The smallest absolute Gasteiger partial charge is 0.465 e. The zero-order chi connectivity index (χ0) is 13.9. The largest absolute Gasteiger partial charge is 0.574 e. The number of hydrogen-bond acceptors (Lipinski definition) is 4. The predicted octanol–water partition coefficient (Wildman–Crippen LogP) is 2.84. The quantitative estimate of drug-likeness (QED) is 0.351. The van der Waals surface area contributed by atoms with Gasteiger partial charge in [-0.1, -0.05) is 0 Å². The lowest BCUT2D eigenvalue weighted by atomic mass is 10.1. The number of pyridine rings is 1. The predicted molar refractivity (Wildman–Crippen MR) is 59.8 cm³/mol. The number of ether oxygens (including phenoxy) is 2. The van der Waals surface area contributed by atoms with Crippen LogP contribution in [0.1, 0.15) is 15.9 Å². The minimum Gasteiger partial charge on any atom is -0.465 e. The summed E-state index contributed by atoms with van der Waals surface area (Å²) in [7, 11) is 1.03. The normalized spacial score (nSPS) is 11.2. The zero-order valence-corrected chi connectivity index (χ0v) is 11.0. The van der Waals surface area contributed by atoms with Crippen LogP contribution < -0.4 is 4.74 Å². The number of aromatic nitrogens is 1. The molecule has 0 atom stereocenters. The lowest BCUT2D eigenvalue weighted by Gasteiger charge is -2.11. The van der Waals surface area contributed by atoms with Crippen molar-refractivity contribution in [3.05, 3.63) is 20.9 Å². The van der Waals surface area contributed by atoms with E-state index in [0.29, 0.717) is 6.07 Å². The van der Waals surface area contributed by atoms with Crippen LogP contribution in [0.3, 0.4) is 0 Å². The SMILES string of the molecule is COC(=O)c1cc(OC(F)(F)F)nc(I)c1CF. The second-order valence-electron chi connectivity index (χ2n) is 2.95. The summed E-state index contributed by atoms with van der Waals surface area (Å²) in [4.78, 5) is 14.7. The standard InChI is InChI=1S/C9H6F4INO3/c1-17-8(16)4-2-6(18-9(11,12)13)15-7(14)5(4)3-10/h2H,3H2,1H3. The molecule has 0 amide bonds. The number of hydrogen-bond donors (Lipinski definition) is 0. The van der Waals surface area contributed by atoms with E-state index in [1.165, 1.54) is 22.6 Å². The lowest BCUT2D eigenvalue weighted by Crippen LogP contribution is -2.19. The molecular formula is C9H6F4INO3. The zero-order valence-electron chi connectivity index (χ0n) is 8.85. The van der Waals surface area contributed by atoms with Gasteiger partial charge in [0.05, 0.1) is 12.7 Å². The summed E-state index contributed by atoms with van der Waals surface area (Å²) in [6, 6.07) is 0.691. The molecule has 0 fully saturated rings. The second kappa shape index (κ2) is 5.67. The highest BCUT2D eigenvalue weighted by Gasteiger charge is 2.33. The Morgan fingerprint density at radius 3 is 2.56 bits per heavy atom. The lowest BCUT2D eigenvalue weighted by molar-refractivity contribution is -0.276. The number of nitrogens with zero attached hydrogens (tertiary/aromatic N) is 1.